The van der Waals surface area contributed by atoms with Crippen molar-refractivity contribution in [1.29, 1.82) is 0 Å². The van der Waals surface area contributed by atoms with Crippen molar-refractivity contribution in [3.8, 4) is 11.5 Å². The molecule has 24 heavy (non-hydrogen) atoms. The van der Waals surface area contributed by atoms with E-state index in [1.807, 2.05) is 49.4 Å². The molecule has 1 amide bonds. The summed E-state index contributed by atoms with van der Waals surface area (Å²) in [5, 5.41) is 2.84. The molecular weight excluding hydrogens is 302 g/mol. The summed E-state index contributed by atoms with van der Waals surface area (Å²) in [7, 11) is 1.60. The number of aryl methyl sites for hydroxylation is 1. The van der Waals surface area contributed by atoms with Gasteiger partial charge in [-0.05, 0) is 54.8 Å². The van der Waals surface area contributed by atoms with Gasteiger partial charge in [-0.3, -0.25) is 4.79 Å². The number of anilines is 1. The smallest absolute Gasteiger partial charge is 0.248 e. The minimum Gasteiger partial charge on any atom is -0.493 e. The summed E-state index contributed by atoms with van der Waals surface area (Å²) in [5.74, 6) is 1.19. The van der Waals surface area contributed by atoms with Crippen LogP contribution in [0.25, 0.3) is 6.08 Å². The van der Waals surface area contributed by atoms with E-state index in [1.165, 1.54) is 6.08 Å². The first-order valence-corrected chi connectivity index (χ1v) is 7.99. The van der Waals surface area contributed by atoms with Crippen LogP contribution in [0.2, 0.25) is 0 Å². The van der Waals surface area contributed by atoms with Crippen molar-refractivity contribution in [1.82, 2.24) is 0 Å². The maximum atomic E-state index is 12.0. The first-order chi connectivity index (χ1) is 11.6. The molecule has 0 aliphatic carbocycles. The lowest BCUT2D eigenvalue weighted by Gasteiger charge is -2.10. The van der Waals surface area contributed by atoms with Crippen molar-refractivity contribution in [2.75, 3.05) is 19.0 Å². The van der Waals surface area contributed by atoms with Crippen LogP contribution in [0.1, 0.15) is 24.5 Å². The van der Waals surface area contributed by atoms with Gasteiger partial charge in [-0.15, -0.1) is 0 Å². The summed E-state index contributed by atoms with van der Waals surface area (Å²) < 4.78 is 11.0. The lowest BCUT2D eigenvalue weighted by atomic mass is 10.2. The van der Waals surface area contributed by atoms with E-state index < -0.39 is 0 Å². The van der Waals surface area contributed by atoms with Gasteiger partial charge < -0.3 is 14.8 Å². The predicted molar refractivity (Wildman–Crippen MR) is 97.6 cm³/mol. The van der Waals surface area contributed by atoms with E-state index in [4.69, 9.17) is 9.47 Å². The Morgan fingerprint density at radius 2 is 2.00 bits per heavy atom. The zero-order valence-corrected chi connectivity index (χ0v) is 14.3. The first-order valence-electron chi connectivity index (χ1n) is 7.99. The molecule has 0 saturated heterocycles. The fourth-order valence-electron chi connectivity index (χ4n) is 2.20. The SMILES string of the molecule is CCCOc1ccc(/C=C/C(=O)Nc2cccc(C)c2)cc1OC. The van der Waals surface area contributed by atoms with E-state index in [0.29, 0.717) is 18.1 Å². The highest BCUT2D eigenvalue weighted by Crippen LogP contribution is 2.28. The number of benzene rings is 2. The monoisotopic (exact) mass is 325 g/mol. The molecule has 0 unspecified atom stereocenters. The molecule has 0 aliphatic heterocycles. The molecule has 1 N–H and O–H groups in total. The number of methoxy groups -OCH3 is 1. The van der Waals surface area contributed by atoms with E-state index in [-0.39, 0.29) is 5.91 Å². The van der Waals surface area contributed by atoms with E-state index in [9.17, 15) is 4.79 Å². The summed E-state index contributed by atoms with van der Waals surface area (Å²) in [5.41, 5.74) is 2.75. The van der Waals surface area contributed by atoms with Crippen LogP contribution in [0, 0.1) is 6.92 Å². The predicted octanol–water partition coefficient (Wildman–Crippen LogP) is 4.44. The van der Waals surface area contributed by atoms with Gasteiger partial charge in [0.25, 0.3) is 0 Å². The van der Waals surface area contributed by atoms with Gasteiger partial charge in [0, 0.05) is 11.8 Å². The van der Waals surface area contributed by atoms with E-state index in [1.54, 1.807) is 13.2 Å². The molecule has 0 fully saturated rings. The summed E-state index contributed by atoms with van der Waals surface area (Å²) in [4.78, 5) is 12.0. The average Bonchev–Trinajstić information content (AvgIpc) is 2.58. The van der Waals surface area contributed by atoms with E-state index in [0.717, 1.165) is 23.2 Å². The quantitative estimate of drug-likeness (QED) is 0.765. The van der Waals surface area contributed by atoms with Gasteiger partial charge >= 0.3 is 0 Å². The molecule has 0 saturated carbocycles. The fourth-order valence-corrected chi connectivity index (χ4v) is 2.20. The van der Waals surface area contributed by atoms with Crippen LogP contribution in [-0.4, -0.2) is 19.6 Å². The van der Waals surface area contributed by atoms with Gasteiger partial charge in [0.1, 0.15) is 0 Å². The Labute approximate surface area is 143 Å². The average molecular weight is 325 g/mol. The Kier molecular flexibility index (Phi) is 6.43. The molecule has 2 aromatic rings. The van der Waals surface area contributed by atoms with Gasteiger partial charge in [-0.25, -0.2) is 0 Å². The molecule has 0 bridgehead atoms. The zero-order valence-electron chi connectivity index (χ0n) is 14.3. The normalized spacial score (nSPS) is 10.6. The molecular formula is C20H23NO3. The van der Waals surface area contributed by atoms with Crippen LogP contribution in [0.4, 0.5) is 5.69 Å². The van der Waals surface area contributed by atoms with E-state index in [2.05, 4.69) is 12.2 Å². The second-order valence-electron chi connectivity index (χ2n) is 5.45. The second kappa shape index (κ2) is 8.77. The van der Waals surface area contributed by atoms with Crippen LogP contribution in [-0.2, 0) is 4.79 Å². The molecule has 2 rings (SSSR count). The summed E-state index contributed by atoms with van der Waals surface area (Å²) in [6.45, 7) is 4.68. The van der Waals surface area contributed by atoms with Gasteiger partial charge in [0.15, 0.2) is 11.5 Å². The minimum atomic E-state index is -0.175. The molecule has 4 nitrogen and oxygen atoms in total. The lowest BCUT2D eigenvalue weighted by Crippen LogP contribution is -2.07. The summed E-state index contributed by atoms with van der Waals surface area (Å²) >= 11 is 0. The van der Waals surface area contributed by atoms with Crippen molar-refractivity contribution in [2.24, 2.45) is 0 Å². The lowest BCUT2D eigenvalue weighted by molar-refractivity contribution is -0.111. The highest BCUT2D eigenvalue weighted by Gasteiger charge is 2.05. The number of hydrogen-bond donors (Lipinski definition) is 1. The minimum absolute atomic E-state index is 0.175. The van der Waals surface area contributed by atoms with Crippen molar-refractivity contribution < 1.29 is 14.3 Å². The van der Waals surface area contributed by atoms with Crippen molar-refractivity contribution in [2.45, 2.75) is 20.3 Å². The standard InChI is InChI=1S/C20H23NO3/c1-4-12-24-18-10-8-16(14-19(18)23-3)9-11-20(22)21-17-7-5-6-15(2)13-17/h5-11,13-14H,4,12H2,1-3H3,(H,21,22)/b11-9+. The highest BCUT2D eigenvalue weighted by atomic mass is 16.5. The van der Waals surface area contributed by atoms with Crippen LogP contribution in [0.3, 0.4) is 0 Å². The van der Waals surface area contributed by atoms with Gasteiger partial charge in [-0.2, -0.15) is 0 Å². The van der Waals surface area contributed by atoms with Crippen molar-refractivity contribution >= 4 is 17.7 Å². The maximum absolute atomic E-state index is 12.0. The summed E-state index contributed by atoms with van der Waals surface area (Å²) in [6.07, 6.45) is 4.19. The molecule has 2 aromatic carbocycles. The molecule has 0 aromatic heterocycles. The Balaban J connectivity index is 2.03. The van der Waals surface area contributed by atoms with Crippen molar-refractivity contribution in [3.05, 3.63) is 59.7 Å². The number of carbonyl (C=O) groups is 1. The van der Waals surface area contributed by atoms with Crippen LogP contribution >= 0.6 is 0 Å². The van der Waals surface area contributed by atoms with Gasteiger partial charge in [-0.1, -0.05) is 25.1 Å². The van der Waals surface area contributed by atoms with Gasteiger partial charge in [0.2, 0.25) is 5.91 Å². The number of hydrogen-bond acceptors (Lipinski definition) is 3. The number of rotatable bonds is 7. The fraction of sp³-hybridized carbons (Fsp3) is 0.250. The molecule has 126 valence electrons. The number of amides is 1. The number of ether oxygens (including phenoxy) is 2. The Hall–Kier alpha value is -2.75. The van der Waals surface area contributed by atoms with Crippen LogP contribution in [0.5, 0.6) is 11.5 Å². The third-order valence-corrected chi connectivity index (χ3v) is 3.36. The molecule has 0 aliphatic rings. The van der Waals surface area contributed by atoms with Crippen molar-refractivity contribution in [3.63, 3.8) is 0 Å². The molecule has 0 heterocycles. The molecule has 0 radical (unpaired) electrons. The first kappa shape index (κ1) is 17.6. The Morgan fingerprint density at radius 3 is 2.71 bits per heavy atom. The van der Waals surface area contributed by atoms with E-state index >= 15 is 0 Å². The Bertz CT molecular complexity index is 723. The number of nitrogens with one attached hydrogen (secondary N) is 1. The van der Waals surface area contributed by atoms with Crippen LogP contribution in [0.15, 0.2) is 48.5 Å². The topological polar surface area (TPSA) is 47.6 Å². The maximum Gasteiger partial charge on any atom is 0.248 e. The third-order valence-electron chi connectivity index (χ3n) is 3.36. The van der Waals surface area contributed by atoms with Gasteiger partial charge in [0.05, 0.1) is 13.7 Å². The second-order valence-corrected chi connectivity index (χ2v) is 5.45. The largest absolute Gasteiger partial charge is 0.493 e. The van der Waals surface area contributed by atoms with Crippen LogP contribution < -0.4 is 14.8 Å². The molecule has 4 heteroatoms. The zero-order chi connectivity index (χ0) is 17.4. The molecule has 0 spiro atoms. The highest BCUT2D eigenvalue weighted by molar-refractivity contribution is 6.02. The third kappa shape index (κ3) is 5.16. The summed E-state index contributed by atoms with van der Waals surface area (Å²) in [6, 6.07) is 13.3. The Morgan fingerprint density at radius 1 is 1.17 bits per heavy atom. The number of carbonyl (C=O) groups excluding carboxylic acids is 1. The molecule has 0 atom stereocenters.